The van der Waals surface area contributed by atoms with Crippen molar-refractivity contribution in [2.75, 3.05) is 7.05 Å². The molecule has 1 atom stereocenters. The van der Waals surface area contributed by atoms with Crippen LogP contribution in [0.5, 0.6) is 0 Å². The average Bonchev–Trinajstić information content (AvgIpc) is 2.76. The Morgan fingerprint density at radius 3 is 2.29 bits per heavy atom. The van der Waals surface area contributed by atoms with Gasteiger partial charge in [0, 0.05) is 23.3 Å². The van der Waals surface area contributed by atoms with Crippen molar-refractivity contribution >= 4 is 0 Å². The summed E-state index contributed by atoms with van der Waals surface area (Å²) < 4.78 is 44.8. The van der Waals surface area contributed by atoms with Crippen molar-refractivity contribution in [3.8, 4) is 0 Å². The predicted octanol–water partition coefficient (Wildman–Crippen LogP) is 3.01. The SMILES string of the molecule is CNC(c1ccoc1)c1c(F)cc(F)cc1F. The molecule has 2 rings (SSSR count). The minimum absolute atomic E-state index is 0.227. The summed E-state index contributed by atoms with van der Waals surface area (Å²) in [4.78, 5) is 0. The van der Waals surface area contributed by atoms with Crippen LogP contribution in [0.25, 0.3) is 0 Å². The summed E-state index contributed by atoms with van der Waals surface area (Å²) in [5.74, 6) is -2.79. The number of halogens is 3. The molecule has 1 heterocycles. The summed E-state index contributed by atoms with van der Waals surface area (Å²) in [7, 11) is 1.56. The number of nitrogens with one attached hydrogen (secondary N) is 1. The second-order valence-electron chi connectivity index (χ2n) is 3.56. The Bertz CT molecular complexity index is 487. The molecule has 0 aliphatic carbocycles. The summed E-state index contributed by atoms with van der Waals surface area (Å²) in [6.07, 6.45) is 2.78. The lowest BCUT2D eigenvalue weighted by Crippen LogP contribution is -2.20. The third kappa shape index (κ3) is 2.19. The molecule has 2 aromatic rings. The monoisotopic (exact) mass is 241 g/mol. The Balaban J connectivity index is 2.52. The standard InChI is InChI=1S/C12H10F3NO/c1-16-12(7-2-3-17-6-7)11-9(14)4-8(13)5-10(11)15/h2-6,12,16H,1H3. The van der Waals surface area contributed by atoms with E-state index in [0.29, 0.717) is 17.7 Å². The van der Waals surface area contributed by atoms with Crippen LogP contribution in [0.3, 0.4) is 0 Å². The van der Waals surface area contributed by atoms with Gasteiger partial charge in [0.05, 0.1) is 18.6 Å². The molecule has 0 aliphatic heterocycles. The lowest BCUT2D eigenvalue weighted by Gasteiger charge is -2.16. The van der Waals surface area contributed by atoms with Gasteiger partial charge < -0.3 is 9.73 Å². The van der Waals surface area contributed by atoms with Gasteiger partial charge in [-0.05, 0) is 13.1 Å². The van der Waals surface area contributed by atoms with Gasteiger partial charge in [-0.1, -0.05) is 0 Å². The third-order valence-corrected chi connectivity index (χ3v) is 2.50. The molecule has 0 amide bonds. The van der Waals surface area contributed by atoms with Crippen LogP contribution in [0, 0.1) is 17.5 Å². The van der Waals surface area contributed by atoms with E-state index in [1.807, 2.05) is 0 Å². The summed E-state index contributed by atoms with van der Waals surface area (Å²) >= 11 is 0. The average molecular weight is 241 g/mol. The van der Waals surface area contributed by atoms with Crippen molar-refractivity contribution in [2.24, 2.45) is 0 Å². The van der Waals surface area contributed by atoms with Gasteiger partial charge in [-0.25, -0.2) is 13.2 Å². The van der Waals surface area contributed by atoms with Gasteiger partial charge in [-0.2, -0.15) is 0 Å². The van der Waals surface area contributed by atoms with E-state index in [1.54, 1.807) is 13.1 Å². The Labute approximate surface area is 96.1 Å². The molecule has 17 heavy (non-hydrogen) atoms. The predicted molar refractivity (Wildman–Crippen MR) is 55.9 cm³/mol. The summed E-state index contributed by atoms with van der Waals surface area (Å²) in [5.41, 5.74) is 0.340. The van der Waals surface area contributed by atoms with E-state index in [1.165, 1.54) is 12.5 Å². The molecule has 90 valence electrons. The fourth-order valence-corrected chi connectivity index (χ4v) is 1.75. The van der Waals surface area contributed by atoms with Crippen LogP contribution < -0.4 is 5.32 Å². The Hall–Kier alpha value is -1.75. The van der Waals surface area contributed by atoms with Crippen molar-refractivity contribution < 1.29 is 17.6 Å². The third-order valence-electron chi connectivity index (χ3n) is 2.50. The van der Waals surface area contributed by atoms with Crippen molar-refractivity contribution in [1.82, 2.24) is 5.32 Å². The highest BCUT2D eigenvalue weighted by Crippen LogP contribution is 2.27. The van der Waals surface area contributed by atoms with Gasteiger partial charge in [0.1, 0.15) is 17.5 Å². The minimum Gasteiger partial charge on any atom is -0.472 e. The molecular formula is C12H10F3NO. The van der Waals surface area contributed by atoms with Gasteiger partial charge in [0.25, 0.3) is 0 Å². The van der Waals surface area contributed by atoms with E-state index in [0.717, 1.165) is 0 Å². The van der Waals surface area contributed by atoms with Crippen LogP contribution in [0.1, 0.15) is 17.2 Å². The number of rotatable bonds is 3. The van der Waals surface area contributed by atoms with Crippen molar-refractivity contribution in [3.05, 3.63) is 59.3 Å². The quantitative estimate of drug-likeness (QED) is 0.893. The zero-order chi connectivity index (χ0) is 12.4. The molecule has 0 aliphatic rings. The van der Waals surface area contributed by atoms with E-state index in [2.05, 4.69) is 5.32 Å². The highest BCUT2D eigenvalue weighted by Gasteiger charge is 2.22. The maximum atomic E-state index is 13.6. The van der Waals surface area contributed by atoms with E-state index >= 15 is 0 Å². The molecule has 0 saturated carbocycles. The first-order chi connectivity index (χ1) is 8.13. The first kappa shape index (κ1) is 11.7. The highest BCUT2D eigenvalue weighted by atomic mass is 19.1. The Morgan fingerprint density at radius 2 is 1.82 bits per heavy atom. The molecule has 1 aromatic heterocycles. The molecule has 0 bridgehead atoms. The zero-order valence-corrected chi connectivity index (χ0v) is 9.01. The fraction of sp³-hybridized carbons (Fsp3) is 0.167. The van der Waals surface area contributed by atoms with Gasteiger partial charge in [-0.15, -0.1) is 0 Å². The van der Waals surface area contributed by atoms with Crippen LogP contribution >= 0.6 is 0 Å². The smallest absolute Gasteiger partial charge is 0.134 e. The number of hydrogen-bond donors (Lipinski definition) is 1. The minimum atomic E-state index is -0.939. The van der Waals surface area contributed by atoms with E-state index in [4.69, 9.17) is 4.42 Å². The van der Waals surface area contributed by atoms with Gasteiger partial charge in [0.2, 0.25) is 0 Å². The molecule has 1 N–H and O–H groups in total. The largest absolute Gasteiger partial charge is 0.472 e. The van der Waals surface area contributed by atoms with Gasteiger partial charge in [0.15, 0.2) is 0 Å². The second-order valence-corrected chi connectivity index (χ2v) is 3.56. The van der Waals surface area contributed by atoms with E-state index in [9.17, 15) is 13.2 Å². The normalized spacial score (nSPS) is 12.7. The highest BCUT2D eigenvalue weighted by molar-refractivity contribution is 5.32. The van der Waals surface area contributed by atoms with Crippen molar-refractivity contribution in [3.63, 3.8) is 0 Å². The first-order valence-electron chi connectivity index (χ1n) is 4.97. The summed E-state index contributed by atoms with van der Waals surface area (Å²) in [5, 5.41) is 2.76. The lowest BCUT2D eigenvalue weighted by molar-refractivity contribution is 0.496. The van der Waals surface area contributed by atoms with Crippen LogP contribution in [-0.2, 0) is 0 Å². The van der Waals surface area contributed by atoms with Crippen molar-refractivity contribution in [2.45, 2.75) is 6.04 Å². The topological polar surface area (TPSA) is 25.2 Å². The van der Waals surface area contributed by atoms with Gasteiger partial charge >= 0.3 is 0 Å². The zero-order valence-electron chi connectivity index (χ0n) is 9.01. The molecule has 0 saturated heterocycles. The van der Waals surface area contributed by atoms with Crippen LogP contribution in [0.15, 0.2) is 35.1 Å². The number of furan rings is 1. The lowest BCUT2D eigenvalue weighted by atomic mass is 10.00. The molecule has 0 fully saturated rings. The van der Waals surface area contributed by atoms with E-state index in [-0.39, 0.29) is 5.56 Å². The van der Waals surface area contributed by atoms with E-state index < -0.39 is 23.5 Å². The molecular weight excluding hydrogens is 231 g/mol. The molecule has 2 nitrogen and oxygen atoms in total. The van der Waals surface area contributed by atoms with Gasteiger partial charge in [-0.3, -0.25) is 0 Å². The molecule has 1 aromatic carbocycles. The first-order valence-corrected chi connectivity index (χ1v) is 4.97. The molecule has 0 spiro atoms. The Morgan fingerprint density at radius 1 is 1.18 bits per heavy atom. The van der Waals surface area contributed by atoms with Crippen LogP contribution in [0.2, 0.25) is 0 Å². The molecule has 1 unspecified atom stereocenters. The maximum Gasteiger partial charge on any atom is 0.134 e. The fourth-order valence-electron chi connectivity index (χ4n) is 1.75. The number of hydrogen-bond acceptors (Lipinski definition) is 2. The summed E-state index contributed by atoms with van der Waals surface area (Å²) in [6.45, 7) is 0. The second kappa shape index (κ2) is 4.63. The molecule has 0 radical (unpaired) electrons. The number of benzene rings is 1. The summed E-state index contributed by atoms with van der Waals surface area (Å²) in [6, 6.07) is 2.18. The maximum absolute atomic E-state index is 13.6. The van der Waals surface area contributed by atoms with Crippen molar-refractivity contribution in [1.29, 1.82) is 0 Å². The van der Waals surface area contributed by atoms with Crippen LogP contribution in [-0.4, -0.2) is 7.05 Å². The molecule has 5 heteroatoms. The Kier molecular flexibility index (Phi) is 3.19. The van der Waals surface area contributed by atoms with Crippen LogP contribution in [0.4, 0.5) is 13.2 Å².